The summed E-state index contributed by atoms with van der Waals surface area (Å²) < 4.78 is 19.5. The zero-order valence-corrected chi connectivity index (χ0v) is 9.13. The number of nitrogens with zero attached hydrogens (tertiary/aromatic N) is 1. The minimum atomic E-state index is -0.677. The van der Waals surface area contributed by atoms with E-state index in [4.69, 9.17) is 4.74 Å². The Labute approximate surface area is 85.4 Å². The van der Waals surface area contributed by atoms with Crippen molar-refractivity contribution in [1.82, 2.24) is 4.90 Å². The highest BCUT2D eigenvalue weighted by molar-refractivity contribution is 5.06. The van der Waals surface area contributed by atoms with Crippen molar-refractivity contribution in [3.8, 4) is 0 Å². The second-order valence-corrected chi connectivity index (χ2v) is 4.81. The van der Waals surface area contributed by atoms with Crippen LogP contribution < -0.4 is 0 Å². The molecule has 2 saturated heterocycles. The van der Waals surface area contributed by atoms with Gasteiger partial charge in [-0.1, -0.05) is 0 Å². The van der Waals surface area contributed by atoms with E-state index in [0.29, 0.717) is 13.0 Å². The first-order chi connectivity index (χ1) is 6.65. The topological polar surface area (TPSA) is 12.5 Å². The Kier molecular flexibility index (Phi) is 2.80. The van der Waals surface area contributed by atoms with Crippen LogP contribution in [-0.4, -0.2) is 42.4 Å². The zero-order chi connectivity index (χ0) is 10.2. The Hall–Kier alpha value is -0.150. The third-order valence-corrected chi connectivity index (χ3v) is 3.57. The lowest BCUT2D eigenvalue weighted by molar-refractivity contribution is -0.0212. The molecule has 0 saturated carbocycles. The molecule has 0 radical (unpaired) electrons. The molecule has 14 heavy (non-hydrogen) atoms. The van der Waals surface area contributed by atoms with Crippen LogP contribution in [0.5, 0.6) is 0 Å². The molecule has 0 spiro atoms. The lowest BCUT2D eigenvalue weighted by atomic mass is 9.93. The van der Waals surface area contributed by atoms with Crippen LogP contribution in [-0.2, 0) is 4.74 Å². The first kappa shape index (κ1) is 10.4. The Bertz CT molecular complexity index is 209. The maximum atomic E-state index is 13.9. The molecule has 2 aliphatic rings. The van der Waals surface area contributed by atoms with Crippen molar-refractivity contribution in [2.24, 2.45) is 0 Å². The molecule has 2 atom stereocenters. The smallest absolute Gasteiger partial charge is 0.122 e. The van der Waals surface area contributed by atoms with Gasteiger partial charge >= 0.3 is 0 Å². The van der Waals surface area contributed by atoms with Gasteiger partial charge in [-0.25, -0.2) is 4.39 Å². The van der Waals surface area contributed by atoms with Crippen LogP contribution in [0.15, 0.2) is 0 Å². The Morgan fingerprint density at radius 2 is 2.29 bits per heavy atom. The molecule has 2 fully saturated rings. The van der Waals surface area contributed by atoms with Crippen LogP contribution in [0.1, 0.15) is 33.1 Å². The van der Waals surface area contributed by atoms with E-state index in [1.54, 1.807) is 0 Å². The number of halogens is 1. The van der Waals surface area contributed by atoms with E-state index in [1.165, 1.54) is 0 Å². The molecule has 0 aromatic heterocycles. The minimum Gasteiger partial charge on any atom is -0.377 e. The maximum Gasteiger partial charge on any atom is 0.122 e. The lowest BCUT2D eigenvalue weighted by Crippen LogP contribution is -2.48. The molecule has 0 aromatic carbocycles. The molecule has 2 heterocycles. The van der Waals surface area contributed by atoms with Gasteiger partial charge in [0.25, 0.3) is 0 Å². The van der Waals surface area contributed by atoms with Crippen LogP contribution in [0.4, 0.5) is 4.39 Å². The molecule has 0 aliphatic carbocycles. The fourth-order valence-corrected chi connectivity index (χ4v) is 2.75. The van der Waals surface area contributed by atoms with Crippen molar-refractivity contribution in [1.29, 1.82) is 0 Å². The van der Waals surface area contributed by atoms with E-state index in [1.807, 2.05) is 13.8 Å². The molecule has 0 bridgehead atoms. The van der Waals surface area contributed by atoms with Gasteiger partial charge in [0.2, 0.25) is 0 Å². The van der Waals surface area contributed by atoms with E-state index in [2.05, 4.69) is 4.90 Å². The molecule has 82 valence electrons. The number of hydrogen-bond acceptors (Lipinski definition) is 2. The van der Waals surface area contributed by atoms with Gasteiger partial charge < -0.3 is 4.74 Å². The van der Waals surface area contributed by atoms with Crippen molar-refractivity contribution in [3.63, 3.8) is 0 Å². The predicted octanol–water partition coefficient (Wildman–Crippen LogP) is 1.99. The largest absolute Gasteiger partial charge is 0.377 e. The third-order valence-electron chi connectivity index (χ3n) is 3.57. The highest BCUT2D eigenvalue weighted by atomic mass is 19.1. The standard InChI is InChI=1S/C11H20FNO/c1-9(2)14-8-11-5-3-6-13(11)7-4-10(11)12/h9-10H,3-8H2,1-2H3/t10-,11+/m1/s1. The fraction of sp³-hybridized carbons (Fsp3) is 1.00. The molecule has 0 amide bonds. The van der Waals surface area contributed by atoms with Gasteiger partial charge in [-0.3, -0.25) is 4.90 Å². The summed E-state index contributed by atoms with van der Waals surface area (Å²) in [5, 5.41) is 0. The van der Waals surface area contributed by atoms with Crippen molar-refractivity contribution >= 4 is 0 Å². The molecular weight excluding hydrogens is 181 g/mol. The summed E-state index contributed by atoms with van der Waals surface area (Å²) in [6, 6.07) is 0. The fourth-order valence-electron chi connectivity index (χ4n) is 2.75. The second kappa shape index (κ2) is 3.78. The number of hydrogen-bond donors (Lipinski definition) is 0. The Morgan fingerprint density at radius 1 is 1.50 bits per heavy atom. The number of ether oxygens (including phenoxy) is 1. The quantitative estimate of drug-likeness (QED) is 0.692. The van der Waals surface area contributed by atoms with Crippen molar-refractivity contribution < 1.29 is 9.13 Å². The number of rotatable bonds is 3. The van der Waals surface area contributed by atoms with Gasteiger partial charge in [0.05, 0.1) is 18.2 Å². The van der Waals surface area contributed by atoms with E-state index in [0.717, 1.165) is 25.9 Å². The van der Waals surface area contributed by atoms with E-state index in [-0.39, 0.29) is 11.6 Å². The summed E-state index contributed by atoms with van der Waals surface area (Å²) in [5.74, 6) is 0. The molecule has 0 unspecified atom stereocenters. The van der Waals surface area contributed by atoms with Gasteiger partial charge in [-0.2, -0.15) is 0 Å². The average Bonchev–Trinajstić information content (AvgIpc) is 2.65. The number of alkyl halides is 1. The summed E-state index contributed by atoms with van der Waals surface area (Å²) in [7, 11) is 0. The minimum absolute atomic E-state index is 0.208. The second-order valence-electron chi connectivity index (χ2n) is 4.81. The summed E-state index contributed by atoms with van der Waals surface area (Å²) in [6.45, 7) is 6.58. The van der Waals surface area contributed by atoms with E-state index >= 15 is 0 Å². The van der Waals surface area contributed by atoms with Crippen LogP contribution in [0.3, 0.4) is 0 Å². The van der Waals surface area contributed by atoms with Gasteiger partial charge in [-0.05, 0) is 39.7 Å². The predicted molar refractivity (Wildman–Crippen MR) is 54.1 cm³/mol. The van der Waals surface area contributed by atoms with Crippen LogP contribution in [0.2, 0.25) is 0 Å². The molecule has 0 aromatic rings. The lowest BCUT2D eigenvalue weighted by Gasteiger charge is -2.34. The summed E-state index contributed by atoms with van der Waals surface area (Å²) in [5.41, 5.74) is -0.260. The van der Waals surface area contributed by atoms with Gasteiger partial charge in [0, 0.05) is 6.54 Å². The molecule has 2 aliphatic heterocycles. The Morgan fingerprint density at radius 3 is 3.00 bits per heavy atom. The van der Waals surface area contributed by atoms with Gasteiger partial charge in [0.1, 0.15) is 6.17 Å². The van der Waals surface area contributed by atoms with Crippen molar-refractivity contribution in [2.45, 2.75) is 50.9 Å². The van der Waals surface area contributed by atoms with Gasteiger partial charge in [0.15, 0.2) is 0 Å². The molecule has 3 heteroatoms. The molecule has 0 N–H and O–H groups in total. The van der Waals surface area contributed by atoms with Gasteiger partial charge in [-0.15, -0.1) is 0 Å². The number of fused-ring (bicyclic) bond motifs is 1. The zero-order valence-electron chi connectivity index (χ0n) is 9.13. The van der Waals surface area contributed by atoms with Crippen molar-refractivity contribution in [3.05, 3.63) is 0 Å². The highest BCUT2D eigenvalue weighted by Gasteiger charge is 2.52. The summed E-state index contributed by atoms with van der Waals surface area (Å²) in [6.07, 6.45) is 2.33. The molecular formula is C11H20FNO. The monoisotopic (exact) mass is 201 g/mol. The highest BCUT2D eigenvalue weighted by Crippen LogP contribution is 2.41. The van der Waals surface area contributed by atoms with Crippen molar-refractivity contribution in [2.75, 3.05) is 19.7 Å². The van der Waals surface area contributed by atoms with Crippen LogP contribution in [0, 0.1) is 0 Å². The first-order valence-corrected chi connectivity index (χ1v) is 5.66. The van der Waals surface area contributed by atoms with E-state index < -0.39 is 6.17 Å². The molecule has 2 nitrogen and oxygen atoms in total. The SMILES string of the molecule is CC(C)OC[C@]12CCCN1CC[C@H]2F. The summed E-state index contributed by atoms with van der Waals surface area (Å²) in [4.78, 5) is 2.29. The average molecular weight is 201 g/mol. The normalized spacial score (nSPS) is 38.1. The maximum absolute atomic E-state index is 13.9. The van der Waals surface area contributed by atoms with Crippen LogP contribution >= 0.6 is 0 Å². The van der Waals surface area contributed by atoms with Crippen LogP contribution in [0.25, 0.3) is 0 Å². The Balaban J connectivity index is 2.02. The molecule has 2 rings (SSSR count). The third kappa shape index (κ3) is 1.57. The first-order valence-electron chi connectivity index (χ1n) is 5.66. The summed E-state index contributed by atoms with van der Waals surface area (Å²) >= 11 is 0. The van der Waals surface area contributed by atoms with E-state index in [9.17, 15) is 4.39 Å².